The molecular formula is C54H41N. The molecule has 1 aromatic heterocycles. The largest absolute Gasteiger partial charge is 0.309 e. The van der Waals surface area contributed by atoms with Crippen LogP contribution >= 0.6 is 0 Å². The molecule has 0 spiro atoms. The average Bonchev–Trinajstić information content (AvgIpc) is 3.77. The number of fused-ring (bicyclic) bond motifs is 9. The molecule has 2 aliphatic rings. The Kier molecular flexibility index (Phi) is 6.72. The molecule has 0 aliphatic heterocycles. The van der Waals surface area contributed by atoms with Crippen molar-refractivity contribution in [1.82, 2.24) is 4.57 Å². The van der Waals surface area contributed by atoms with E-state index in [4.69, 9.17) is 0 Å². The van der Waals surface area contributed by atoms with Gasteiger partial charge in [-0.3, -0.25) is 0 Å². The highest BCUT2D eigenvalue weighted by Crippen LogP contribution is 2.51. The summed E-state index contributed by atoms with van der Waals surface area (Å²) in [5.74, 6) is 0. The van der Waals surface area contributed by atoms with Gasteiger partial charge in [0.25, 0.3) is 0 Å². The minimum Gasteiger partial charge on any atom is -0.309 e. The van der Waals surface area contributed by atoms with Crippen LogP contribution in [0.4, 0.5) is 0 Å². The standard InChI is InChI=1S/C54H41N/c1-53(2)47-16-10-8-14-41(47)43-30-36(20-26-49(43)53)38-22-28-51-45(32-38)46-33-39(37-21-27-50-44(31-37)42-15-9-11-17-48(42)54(50,3)4)23-29-52(46)55(51)40-24-18-35(19-25-40)34-12-6-5-7-13-34/h5-33H,1-4H3. The van der Waals surface area contributed by atoms with Gasteiger partial charge in [-0.05, 0) is 126 Å². The van der Waals surface area contributed by atoms with Gasteiger partial charge in [0.05, 0.1) is 11.0 Å². The summed E-state index contributed by atoms with van der Waals surface area (Å²) in [5, 5.41) is 2.52. The number of hydrogen-bond donors (Lipinski definition) is 0. The van der Waals surface area contributed by atoms with E-state index in [-0.39, 0.29) is 10.8 Å². The molecule has 0 radical (unpaired) electrons. The van der Waals surface area contributed by atoms with Crippen molar-refractivity contribution < 1.29 is 0 Å². The summed E-state index contributed by atoms with van der Waals surface area (Å²) >= 11 is 0. The molecule has 0 saturated carbocycles. The summed E-state index contributed by atoms with van der Waals surface area (Å²) in [5.41, 5.74) is 22.0. The Morgan fingerprint density at radius 2 is 0.691 bits per heavy atom. The highest BCUT2D eigenvalue weighted by Gasteiger charge is 2.36. The monoisotopic (exact) mass is 703 g/mol. The molecule has 55 heavy (non-hydrogen) atoms. The van der Waals surface area contributed by atoms with Crippen LogP contribution in [0.5, 0.6) is 0 Å². The van der Waals surface area contributed by atoms with Gasteiger partial charge in [-0.1, -0.05) is 155 Å². The first-order valence-corrected chi connectivity index (χ1v) is 19.5. The van der Waals surface area contributed by atoms with Crippen LogP contribution in [0.25, 0.3) is 83.1 Å². The van der Waals surface area contributed by atoms with Gasteiger partial charge in [0.1, 0.15) is 0 Å². The Bertz CT molecular complexity index is 2840. The molecule has 262 valence electrons. The number of hydrogen-bond acceptors (Lipinski definition) is 0. The summed E-state index contributed by atoms with van der Waals surface area (Å²) in [6, 6.07) is 65.8. The van der Waals surface area contributed by atoms with E-state index < -0.39 is 0 Å². The molecule has 8 aromatic carbocycles. The summed E-state index contributed by atoms with van der Waals surface area (Å²) in [4.78, 5) is 0. The maximum absolute atomic E-state index is 2.44. The van der Waals surface area contributed by atoms with Crippen molar-refractivity contribution in [1.29, 1.82) is 0 Å². The molecule has 0 bridgehead atoms. The fourth-order valence-electron chi connectivity index (χ4n) is 9.89. The number of rotatable bonds is 4. The Hall–Kier alpha value is -6.44. The Morgan fingerprint density at radius 3 is 1.20 bits per heavy atom. The van der Waals surface area contributed by atoms with Crippen LogP contribution in [0.15, 0.2) is 176 Å². The lowest BCUT2D eigenvalue weighted by Crippen LogP contribution is -2.14. The lowest BCUT2D eigenvalue weighted by atomic mass is 9.82. The molecular weight excluding hydrogens is 663 g/mol. The highest BCUT2D eigenvalue weighted by atomic mass is 15.0. The zero-order valence-electron chi connectivity index (χ0n) is 31.7. The summed E-state index contributed by atoms with van der Waals surface area (Å²) in [6.45, 7) is 9.40. The molecule has 0 unspecified atom stereocenters. The Labute approximate surface area is 323 Å². The van der Waals surface area contributed by atoms with E-state index in [0.29, 0.717) is 0 Å². The maximum atomic E-state index is 2.44. The predicted octanol–water partition coefficient (Wildman–Crippen LogP) is 14.4. The predicted molar refractivity (Wildman–Crippen MR) is 232 cm³/mol. The van der Waals surface area contributed by atoms with Gasteiger partial charge in [-0.2, -0.15) is 0 Å². The van der Waals surface area contributed by atoms with Gasteiger partial charge in [0, 0.05) is 27.3 Å². The Balaban J connectivity index is 1.09. The van der Waals surface area contributed by atoms with Crippen molar-refractivity contribution in [3.63, 3.8) is 0 Å². The first-order chi connectivity index (χ1) is 26.8. The van der Waals surface area contributed by atoms with Crippen LogP contribution in [0, 0.1) is 0 Å². The van der Waals surface area contributed by atoms with Crippen LogP contribution in [0.3, 0.4) is 0 Å². The van der Waals surface area contributed by atoms with Gasteiger partial charge in [0.2, 0.25) is 0 Å². The summed E-state index contributed by atoms with van der Waals surface area (Å²) in [6.07, 6.45) is 0. The molecule has 0 amide bonds. The van der Waals surface area contributed by atoms with Gasteiger partial charge >= 0.3 is 0 Å². The van der Waals surface area contributed by atoms with E-state index in [2.05, 4.69) is 208 Å². The van der Waals surface area contributed by atoms with Crippen LogP contribution in [0.2, 0.25) is 0 Å². The normalized spacial score (nSPS) is 14.5. The third-order valence-corrected chi connectivity index (χ3v) is 12.8. The smallest absolute Gasteiger partial charge is 0.0541 e. The van der Waals surface area contributed by atoms with E-state index in [9.17, 15) is 0 Å². The van der Waals surface area contributed by atoms with Crippen LogP contribution in [0.1, 0.15) is 49.9 Å². The lowest BCUT2D eigenvalue weighted by Gasteiger charge is -2.21. The van der Waals surface area contributed by atoms with Gasteiger partial charge in [0.15, 0.2) is 0 Å². The van der Waals surface area contributed by atoms with Crippen molar-refractivity contribution in [2.75, 3.05) is 0 Å². The maximum Gasteiger partial charge on any atom is 0.0541 e. The second kappa shape index (κ2) is 11.5. The second-order valence-corrected chi connectivity index (χ2v) is 16.6. The quantitative estimate of drug-likeness (QED) is 0.172. The number of nitrogens with zero attached hydrogens (tertiary/aromatic N) is 1. The zero-order valence-corrected chi connectivity index (χ0v) is 31.7. The van der Waals surface area contributed by atoms with Gasteiger partial charge in [-0.15, -0.1) is 0 Å². The second-order valence-electron chi connectivity index (χ2n) is 16.6. The summed E-state index contributed by atoms with van der Waals surface area (Å²) < 4.78 is 2.44. The molecule has 1 heterocycles. The van der Waals surface area contributed by atoms with Crippen LogP contribution < -0.4 is 0 Å². The van der Waals surface area contributed by atoms with E-state index in [1.54, 1.807) is 0 Å². The molecule has 2 aliphatic carbocycles. The van der Waals surface area contributed by atoms with Crippen molar-refractivity contribution in [3.8, 4) is 61.3 Å². The van der Waals surface area contributed by atoms with E-state index in [1.165, 1.54) is 99.7 Å². The number of benzene rings is 8. The van der Waals surface area contributed by atoms with E-state index >= 15 is 0 Å². The molecule has 0 fully saturated rings. The van der Waals surface area contributed by atoms with Crippen molar-refractivity contribution in [3.05, 3.63) is 198 Å². The molecule has 0 saturated heterocycles. The fourth-order valence-corrected chi connectivity index (χ4v) is 9.89. The van der Waals surface area contributed by atoms with Gasteiger partial charge < -0.3 is 4.57 Å². The molecule has 1 nitrogen and oxygen atoms in total. The molecule has 0 atom stereocenters. The molecule has 0 N–H and O–H groups in total. The van der Waals surface area contributed by atoms with Crippen LogP contribution in [-0.4, -0.2) is 4.57 Å². The fraction of sp³-hybridized carbons (Fsp3) is 0.111. The van der Waals surface area contributed by atoms with Crippen molar-refractivity contribution in [2.24, 2.45) is 0 Å². The molecule has 11 rings (SSSR count). The SMILES string of the molecule is CC1(C)c2ccccc2-c2cc(-c3ccc4c(c3)c3cc(-c5ccc6c(c5)-c5ccccc5C6(C)C)ccc3n4-c3ccc(-c4ccccc4)cc3)ccc21. The number of aromatic nitrogens is 1. The first kappa shape index (κ1) is 32.0. The molecule has 9 aromatic rings. The average molecular weight is 704 g/mol. The van der Waals surface area contributed by atoms with Crippen molar-refractivity contribution >= 4 is 21.8 Å². The van der Waals surface area contributed by atoms with Crippen LogP contribution in [-0.2, 0) is 10.8 Å². The van der Waals surface area contributed by atoms with E-state index in [0.717, 1.165) is 5.69 Å². The lowest BCUT2D eigenvalue weighted by molar-refractivity contribution is 0.660. The topological polar surface area (TPSA) is 4.93 Å². The first-order valence-electron chi connectivity index (χ1n) is 19.5. The third kappa shape index (κ3) is 4.66. The van der Waals surface area contributed by atoms with Crippen molar-refractivity contribution in [2.45, 2.75) is 38.5 Å². The Morgan fingerprint density at radius 1 is 0.309 bits per heavy atom. The zero-order chi connectivity index (χ0) is 37.1. The third-order valence-electron chi connectivity index (χ3n) is 12.8. The van der Waals surface area contributed by atoms with Gasteiger partial charge in [-0.25, -0.2) is 0 Å². The summed E-state index contributed by atoms with van der Waals surface area (Å²) in [7, 11) is 0. The minimum atomic E-state index is -0.0102. The van der Waals surface area contributed by atoms with E-state index in [1.807, 2.05) is 0 Å². The molecule has 1 heteroatoms. The highest BCUT2D eigenvalue weighted by molar-refractivity contribution is 6.12. The minimum absolute atomic E-state index is 0.0102.